The van der Waals surface area contributed by atoms with Crippen molar-refractivity contribution < 1.29 is 18.5 Å². The fourth-order valence-electron chi connectivity index (χ4n) is 1.46. The standard InChI is InChI=1S/C13H17N3O4/c1-13(2,3)19-12(17)14-8-11-15-10(16-20-11)7-9-5-4-6-18-9/h4-6H,7-8H2,1-3H3,(H,14,17). The van der Waals surface area contributed by atoms with Gasteiger partial charge in [0, 0.05) is 0 Å². The molecular weight excluding hydrogens is 262 g/mol. The summed E-state index contributed by atoms with van der Waals surface area (Å²) in [7, 11) is 0. The summed E-state index contributed by atoms with van der Waals surface area (Å²) in [6.07, 6.45) is 1.51. The van der Waals surface area contributed by atoms with Crippen LogP contribution in [0.3, 0.4) is 0 Å². The fourth-order valence-corrected chi connectivity index (χ4v) is 1.46. The highest BCUT2D eigenvalue weighted by Crippen LogP contribution is 2.08. The van der Waals surface area contributed by atoms with Gasteiger partial charge in [-0.15, -0.1) is 0 Å². The van der Waals surface area contributed by atoms with Crippen LogP contribution in [0.2, 0.25) is 0 Å². The highest BCUT2D eigenvalue weighted by Gasteiger charge is 2.16. The maximum atomic E-state index is 11.5. The first-order valence-electron chi connectivity index (χ1n) is 6.23. The van der Waals surface area contributed by atoms with E-state index in [0.29, 0.717) is 18.1 Å². The van der Waals surface area contributed by atoms with Crippen LogP contribution in [-0.2, 0) is 17.7 Å². The van der Waals surface area contributed by atoms with Gasteiger partial charge in [-0.2, -0.15) is 4.98 Å². The van der Waals surface area contributed by atoms with Crippen molar-refractivity contribution in [1.82, 2.24) is 15.5 Å². The maximum absolute atomic E-state index is 11.5. The molecule has 20 heavy (non-hydrogen) atoms. The SMILES string of the molecule is CC(C)(C)OC(=O)NCc1nc(Cc2ccco2)no1. The molecule has 2 aromatic heterocycles. The molecule has 2 aromatic rings. The van der Waals surface area contributed by atoms with Gasteiger partial charge < -0.3 is 19.0 Å². The van der Waals surface area contributed by atoms with Gasteiger partial charge in [-0.1, -0.05) is 5.16 Å². The molecule has 2 rings (SSSR count). The molecule has 0 aliphatic rings. The lowest BCUT2D eigenvalue weighted by Crippen LogP contribution is -2.32. The highest BCUT2D eigenvalue weighted by atomic mass is 16.6. The van der Waals surface area contributed by atoms with E-state index in [0.717, 1.165) is 5.76 Å². The van der Waals surface area contributed by atoms with Gasteiger partial charge in [-0.3, -0.25) is 0 Å². The Kier molecular flexibility index (Phi) is 4.07. The number of amides is 1. The molecule has 1 amide bonds. The van der Waals surface area contributed by atoms with Crippen LogP contribution in [0.1, 0.15) is 38.2 Å². The van der Waals surface area contributed by atoms with Gasteiger partial charge in [0.1, 0.15) is 17.9 Å². The van der Waals surface area contributed by atoms with E-state index in [1.54, 1.807) is 33.1 Å². The lowest BCUT2D eigenvalue weighted by Gasteiger charge is -2.19. The van der Waals surface area contributed by atoms with Crippen LogP contribution in [0.5, 0.6) is 0 Å². The normalized spacial score (nSPS) is 11.3. The lowest BCUT2D eigenvalue weighted by molar-refractivity contribution is 0.0518. The predicted octanol–water partition coefficient (Wildman–Crippen LogP) is 2.28. The van der Waals surface area contributed by atoms with Crippen molar-refractivity contribution in [3.8, 4) is 0 Å². The van der Waals surface area contributed by atoms with E-state index in [1.165, 1.54) is 0 Å². The highest BCUT2D eigenvalue weighted by molar-refractivity contribution is 5.67. The molecule has 7 nitrogen and oxygen atoms in total. The molecule has 108 valence electrons. The zero-order valence-corrected chi connectivity index (χ0v) is 11.7. The average molecular weight is 279 g/mol. The molecule has 7 heteroatoms. The Balaban J connectivity index is 1.82. The molecule has 0 unspecified atom stereocenters. The summed E-state index contributed by atoms with van der Waals surface area (Å²) >= 11 is 0. The van der Waals surface area contributed by atoms with Gasteiger partial charge in [-0.05, 0) is 32.9 Å². The number of hydrogen-bond acceptors (Lipinski definition) is 6. The van der Waals surface area contributed by atoms with Crippen molar-refractivity contribution in [2.24, 2.45) is 0 Å². The van der Waals surface area contributed by atoms with Crippen molar-refractivity contribution in [2.45, 2.75) is 39.3 Å². The van der Waals surface area contributed by atoms with Crippen LogP contribution < -0.4 is 5.32 Å². The Labute approximate surface area is 116 Å². The number of ether oxygens (including phenoxy) is 1. The first-order valence-corrected chi connectivity index (χ1v) is 6.23. The number of hydrogen-bond donors (Lipinski definition) is 1. The molecule has 2 heterocycles. The van der Waals surface area contributed by atoms with Crippen LogP contribution in [0.4, 0.5) is 4.79 Å². The fraction of sp³-hybridized carbons (Fsp3) is 0.462. The van der Waals surface area contributed by atoms with Crippen molar-refractivity contribution in [2.75, 3.05) is 0 Å². The number of nitrogens with zero attached hydrogens (tertiary/aromatic N) is 2. The molecular formula is C13H17N3O4. The van der Waals surface area contributed by atoms with Gasteiger partial charge in [-0.25, -0.2) is 4.79 Å². The Hall–Kier alpha value is -2.31. The van der Waals surface area contributed by atoms with Crippen molar-refractivity contribution in [3.05, 3.63) is 35.9 Å². The maximum Gasteiger partial charge on any atom is 0.408 e. The van der Waals surface area contributed by atoms with E-state index in [2.05, 4.69) is 15.5 Å². The summed E-state index contributed by atoms with van der Waals surface area (Å²) in [5.41, 5.74) is -0.538. The molecule has 0 aromatic carbocycles. The number of furan rings is 1. The summed E-state index contributed by atoms with van der Waals surface area (Å²) < 4.78 is 15.3. The van der Waals surface area contributed by atoms with Crippen LogP contribution >= 0.6 is 0 Å². The van der Waals surface area contributed by atoms with Crippen molar-refractivity contribution >= 4 is 6.09 Å². The van der Waals surface area contributed by atoms with Gasteiger partial charge >= 0.3 is 6.09 Å². The summed E-state index contributed by atoms with van der Waals surface area (Å²) in [6, 6.07) is 3.62. The zero-order chi connectivity index (χ0) is 14.6. The monoisotopic (exact) mass is 279 g/mol. The van der Waals surface area contributed by atoms with E-state index >= 15 is 0 Å². The van der Waals surface area contributed by atoms with Crippen molar-refractivity contribution in [1.29, 1.82) is 0 Å². The first kappa shape index (κ1) is 14.1. The number of aromatic nitrogens is 2. The second-order valence-corrected chi connectivity index (χ2v) is 5.22. The quantitative estimate of drug-likeness (QED) is 0.923. The molecule has 0 saturated carbocycles. The molecule has 0 bridgehead atoms. The minimum atomic E-state index is -0.538. The molecule has 0 fully saturated rings. The molecule has 0 aliphatic carbocycles. The number of carbonyl (C=O) groups excluding carboxylic acids is 1. The minimum absolute atomic E-state index is 0.125. The van der Waals surface area contributed by atoms with Gasteiger partial charge in [0.2, 0.25) is 5.89 Å². The molecule has 0 radical (unpaired) electrons. The largest absolute Gasteiger partial charge is 0.469 e. The predicted molar refractivity (Wildman–Crippen MR) is 68.9 cm³/mol. The van der Waals surface area contributed by atoms with Crippen LogP contribution in [0.25, 0.3) is 0 Å². The smallest absolute Gasteiger partial charge is 0.408 e. The third kappa shape index (κ3) is 4.42. The third-order valence-electron chi connectivity index (χ3n) is 2.21. The average Bonchev–Trinajstić information content (AvgIpc) is 2.96. The second kappa shape index (κ2) is 5.77. The number of nitrogens with one attached hydrogen (secondary N) is 1. The zero-order valence-electron chi connectivity index (χ0n) is 11.7. The van der Waals surface area contributed by atoms with Crippen LogP contribution in [-0.4, -0.2) is 21.8 Å². The van der Waals surface area contributed by atoms with E-state index < -0.39 is 11.7 Å². The van der Waals surface area contributed by atoms with Gasteiger partial charge in [0.25, 0.3) is 0 Å². The Morgan fingerprint density at radius 2 is 2.25 bits per heavy atom. The van der Waals surface area contributed by atoms with Gasteiger partial charge in [0.05, 0.1) is 12.7 Å². The summed E-state index contributed by atoms with van der Waals surface area (Å²) in [6.45, 7) is 5.50. The molecule has 0 spiro atoms. The van der Waals surface area contributed by atoms with E-state index in [1.807, 2.05) is 6.07 Å². The first-order chi connectivity index (χ1) is 9.42. The molecule has 0 saturated heterocycles. The van der Waals surface area contributed by atoms with Crippen LogP contribution in [0.15, 0.2) is 27.3 Å². The second-order valence-electron chi connectivity index (χ2n) is 5.22. The summed E-state index contributed by atoms with van der Waals surface area (Å²) in [5.74, 6) is 1.57. The topological polar surface area (TPSA) is 90.4 Å². The number of rotatable bonds is 4. The molecule has 0 aliphatic heterocycles. The van der Waals surface area contributed by atoms with Crippen LogP contribution in [0, 0.1) is 0 Å². The van der Waals surface area contributed by atoms with E-state index in [9.17, 15) is 4.79 Å². The Bertz CT molecular complexity index is 554. The summed E-state index contributed by atoms with van der Waals surface area (Å²) in [5, 5.41) is 6.35. The van der Waals surface area contributed by atoms with Crippen molar-refractivity contribution in [3.63, 3.8) is 0 Å². The molecule has 1 N–H and O–H groups in total. The van der Waals surface area contributed by atoms with Gasteiger partial charge in [0.15, 0.2) is 5.82 Å². The third-order valence-corrected chi connectivity index (χ3v) is 2.21. The van der Waals surface area contributed by atoms with E-state index in [-0.39, 0.29) is 6.54 Å². The number of carbonyl (C=O) groups is 1. The minimum Gasteiger partial charge on any atom is -0.469 e. The lowest BCUT2D eigenvalue weighted by atomic mass is 10.2. The number of alkyl carbamates (subject to hydrolysis) is 1. The summed E-state index contributed by atoms with van der Waals surface area (Å²) in [4.78, 5) is 15.6. The molecule has 0 atom stereocenters. The van der Waals surface area contributed by atoms with E-state index in [4.69, 9.17) is 13.7 Å². The Morgan fingerprint density at radius 1 is 1.45 bits per heavy atom. The Morgan fingerprint density at radius 3 is 2.90 bits per heavy atom.